The first-order valence-corrected chi connectivity index (χ1v) is 10.3. The zero-order valence-electron chi connectivity index (χ0n) is 15.3. The number of methoxy groups -OCH3 is 1. The summed E-state index contributed by atoms with van der Waals surface area (Å²) in [6.07, 6.45) is 1.54. The van der Waals surface area contributed by atoms with Gasteiger partial charge in [0.05, 0.1) is 23.4 Å². The molecule has 0 radical (unpaired) electrons. The lowest BCUT2D eigenvalue weighted by molar-refractivity contribution is -0.140. The Balaban J connectivity index is 1.86. The van der Waals surface area contributed by atoms with E-state index in [2.05, 4.69) is 4.98 Å². The summed E-state index contributed by atoms with van der Waals surface area (Å²) >= 11 is 7.34. The Morgan fingerprint density at radius 3 is 2.62 bits per heavy atom. The predicted molar refractivity (Wildman–Crippen MR) is 115 cm³/mol. The summed E-state index contributed by atoms with van der Waals surface area (Å²) in [6, 6.07) is 6.98. The number of hydrogen-bond acceptors (Lipinski definition) is 8. The minimum Gasteiger partial charge on any atom is -0.497 e. The molecule has 1 aromatic heterocycles. The number of carbonyl (C=O) groups excluding carboxylic acids is 2. The van der Waals surface area contributed by atoms with Crippen LogP contribution in [0.1, 0.15) is 12.6 Å². The molecule has 0 unspecified atom stereocenters. The number of rotatable bonds is 6. The largest absolute Gasteiger partial charge is 0.497 e. The monoisotopic (exact) mass is 449 g/mol. The van der Waals surface area contributed by atoms with Gasteiger partial charge in [0.2, 0.25) is 5.91 Å². The maximum atomic E-state index is 12.4. The van der Waals surface area contributed by atoms with Gasteiger partial charge >= 0.3 is 5.97 Å². The van der Waals surface area contributed by atoms with Crippen molar-refractivity contribution in [2.75, 3.05) is 18.6 Å². The highest BCUT2D eigenvalue weighted by atomic mass is 32.2. The number of anilines is 2. The third-order valence-corrected chi connectivity index (χ3v) is 6.01. The van der Waals surface area contributed by atoms with E-state index in [0.29, 0.717) is 22.3 Å². The molecule has 1 aliphatic heterocycles. The molecule has 2 heterocycles. The number of thiazole rings is 1. The molecule has 2 aromatic rings. The number of aromatic nitrogens is 1. The number of aliphatic carboxylic acids is 1. The highest BCUT2D eigenvalue weighted by Gasteiger charge is 2.33. The zero-order valence-corrected chi connectivity index (χ0v) is 17.8. The number of carboxylic acids is 1. The molecule has 1 saturated heterocycles. The molecule has 2 amide bonds. The average molecular weight is 450 g/mol. The zero-order chi connectivity index (χ0) is 21.1. The summed E-state index contributed by atoms with van der Waals surface area (Å²) in [6.45, 7) is 0.947. The van der Waals surface area contributed by atoms with Gasteiger partial charge in [0, 0.05) is 12.3 Å². The molecule has 3 rings (SSSR count). The highest BCUT2D eigenvalue weighted by molar-refractivity contribution is 8.26. The number of nitrogens with zero attached hydrogens (tertiary/aromatic N) is 3. The van der Waals surface area contributed by atoms with E-state index in [0.717, 1.165) is 16.7 Å². The molecule has 1 fully saturated rings. The van der Waals surface area contributed by atoms with Gasteiger partial charge in [-0.15, -0.1) is 11.3 Å². The first kappa shape index (κ1) is 21.0. The van der Waals surface area contributed by atoms with Crippen LogP contribution in [0, 0.1) is 0 Å². The summed E-state index contributed by atoms with van der Waals surface area (Å²) in [5, 5.41) is 11.1. The van der Waals surface area contributed by atoms with Crippen molar-refractivity contribution in [2.45, 2.75) is 6.92 Å². The molecule has 1 aromatic carbocycles. The quantitative estimate of drug-likeness (QED) is 0.530. The topological polar surface area (TPSA) is 100 Å². The Hall–Kier alpha value is -2.76. The lowest BCUT2D eigenvalue weighted by Gasteiger charge is -2.18. The summed E-state index contributed by atoms with van der Waals surface area (Å²) in [5.74, 6) is -1.17. The Kier molecular flexibility index (Phi) is 6.30. The Bertz CT molecular complexity index is 1020. The van der Waals surface area contributed by atoms with Gasteiger partial charge in [-0.3, -0.25) is 24.2 Å². The fraction of sp³-hybridized carbons (Fsp3) is 0.167. The number of carbonyl (C=O) groups is 3. The van der Waals surface area contributed by atoms with Gasteiger partial charge in [0.15, 0.2) is 5.13 Å². The molecular weight excluding hydrogens is 434 g/mol. The molecule has 8 nitrogen and oxygen atoms in total. The van der Waals surface area contributed by atoms with Crippen LogP contribution >= 0.6 is 35.3 Å². The standard InChI is InChI=1S/C18H15N3O5S3/c1-10(22)21(12-3-5-13(26-2)6-4-12)17-19-11(9-28-17)7-14-16(25)20(8-15(23)24)18(27)29-14/h3-7,9H,8H2,1-2H3,(H,23,24)/b14-7-. The lowest BCUT2D eigenvalue weighted by Crippen LogP contribution is -2.33. The normalized spacial score (nSPS) is 15.1. The van der Waals surface area contributed by atoms with Crippen molar-refractivity contribution < 1.29 is 24.2 Å². The summed E-state index contributed by atoms with van der Waals surface area (Å²) < 4.78 is 5.32. The van der Waals surface area contributed by atoms with Crippen LogP contribution in [0.2, 0.25) is 0 Å². The van der Waals surface area contributed by atoms with Crippen LogP contribution in [-0.2, 0) is 14.4 Å². The van der Waals surface area contributed by atoms with Crippen molar-refractivity contribution in [3.63, 3.8) is 0 Å². The van der Waals surface area contributed by atoms with E-state index in [-0.39, 0.29) is 15.1 Å². The Morgan fingerprint density at radius 1 is 1.34 bits per heavy atom. The minimum absolute atomic E-state index is 0.183. The van der Waals surface area contributed by atoms with E-state index < -0.39 is 18.4 Å². The molecule has 150 valence electrons. The van der Waals surface area contributed by atoms with Gasteiger partial charge < -0.3 is 9.84 Å². The molecule has 1 aliphatic rings. The predicted octanol–water partition coefficient (Wildman–Crippen LogP) is 3.12. The first-order chi connectivity index (χ1) is 13.8. The highest BCUT2D eigenvalue weighted by Crippen LogP contribution is 2.34. The smallest absolute Gasteiger partial charge is 0.323 e. The van der Waals surface area contributed by atoms with Gasteiger partial charge in [-0.2, -0.15) is 0 Å². The summed E-state index contributed by atoms with van der Waals surface area (Å²) in [5.41, 5.74) is 1.10. The Labute approximate surface area is 179 Å². The number of thiocarbonyl (C=S) groups is 1. The minimum atomic E-state index is -1.14. The van der Waals surface area contributed by atoms with E-state index in [1.807, 2.05) is 0 Å². The third kappa shape index (κ3) is 4.63. The van der Waals surface area contributed by atoms with E-state index in [1.165, 1.54) is 29.2 Å². The number of carboxylic acid groups (broad SMARTS) is 1. The molecule has 11 heteroatoms. The summed E-state index contributed by atoms with van der Waals surface area (Å²) in [4.78, 5) is 42.7. The number of thioether (sulfide) groups is 1. The average Bonchev–Trinajstić information content (AvgIpc) is 3.22. The molecule has 0 atom stereocenters. The second-order valence-electron chi connectivity index (χ2n) is 5.77. The van der Waals surface area contributed by atoms with Crippen LogP contribution < -0.4 is 9.64 Å². The lowest BCUT2D eigenvalue weighted by atomic mass is 10.3. The van der Waals surface area contributed by atoms with Crippen molar-refractivity contribution in [1.29, 1.82) is 0 Å². The molecular formula is C18H15N3O5S3. The van der Waals surface area contributed by atoms with Crippen molar-refractivity contribution in [2.24, 2.45) is 0 Å². The fourth-order valence-electron chi connectivity index (χ4n) is 2.51. The molecule has 29 heavy (non-hydrogen) atoms. The van der Waals surface area contributed by atoms with Gasteiger partial charge in [-0.25, -0.2) is 4.98 Å². The van der Waals surface area contributed by atoms with E-state index in [9.17, 15) is 14.4 Å². The molecule has 0 aliphatic carbocycles. The van der Waals surface area contributed by atoms with E-state index >= 15 is 0 Å². The second-order valence-corrected chi connectivity index (χ2v) is 8.28. The van der Waals surface area contributed by atoms with Crippen LogP contribution in [0.4, 0.5) is 10.8 Å². The van der Waals surface area contributed by atoms with Crippen molar-refractivity contribution >= 4 is 74.3 Å². The fourth-order valence-corrected chi connectivity index (χ4v) is 4.59. The second kappa shape index (κ2) is 8.72. The van der Waals surface area contributed by atoms with Gasteiger partial charge in [-0.1, -0.05) is 24.0 Å². The number of amides is 2. The first-order valence-electron chi connectivity index (χ1n) is 8.17. The SMILES string of the molecule is COc1ccc(N(C(C)=O)c2nc(/C=C3\SC(=S)N(CC(=O)O)C3=O)cs2)cc1. The third-order valence-electron chi connectivity index (χ3n) is 3.79. The van der Waals surface area contributed by atoms with Crippen LogP contribution in [-0.4, -0.2) is 50.7 Å². The van der Waals surface area contributed by atoms with Crippen LogP contribution in [0.15, 0.2) is 34.6 Å². The van der Waals surface area contributed by atoms with E-state index in [4.69, 9.17) is 22.1 Å². The van der Waals surface area contributed by atoms with Gasteiger partial charge in [0.1, 0.15) is 16.6 Å². The van der Waals surface area contributed by atoms with Gasteiger partial charge in [-0.05, 0) is 30.3 Å². The van der Waals surface area contributed by atoms with Crippen molar-refractivity contribution in [3.05, 3.63) is 40.2 Å². The van der Waals surface area contributed by atoms with Crippen LogP contribution in [0.25, 0.3) is 6.08 Å². The van der Waals surface area contributed by atoms with Gasteiger partial charge in [0.25, 0.3) is 5.91 Å². The maximum absolute atomic E-state index is 12.4. The molecule has 1 N–H and O–H groups in total. The Morgan fingerprint density at radius 2 is 2.03 bits per heavy atom. The molecule has 0 bridgehead atoms. The van der Waals surface area contributed by atoms with Crippen molar-refractivity contribution in [3.8, 4) is 5.75 Å². The van der Waals surface area contributed by atoms with Crippen molar-refractivity contribution in [1.82, 2.24) is 9.88 Å². The molecule has 0 saturated carbocycles. The maximum Gasteiger partial charge on any atom is 0.323 e. The summed E-state index contributed by atoms with van der Waals surface area (Å²) in [7, 11) is 1.56. The van der Waals surface area contributed by atoms with Crippen LogP contribution in [0.3, 0.4) is 0 Å². The number of hydrogen-bond donors (Lipinski definition) is 1. The number of ether oxygens (including phenoxy) is 1. The van der Waals surface area contributed by atoms with E-state index in [1.54, 1.807) is 36.8 Å². The number of benzene rings is 1. The van der Waals surface area contributed by atoms with Crippen LogP contribution in [0.5, 0.6) is 5.75 Å². The molecule has 0 spiro atoms.